The van der Waals surface area contributed by atoms with Gasteiger partial charge in [-0.25, -0.2) is 0 Å². The summed E-state index contributed by atoms with van der Waals surface area (Å²) in [5, 5.41) is 5.08. The second-order valence-corrected chi connectivity index (χ2v) is 7.52. The SMILES string of the molecule is Cc1ccc(CNC(=O)COc2ccc3cc(Br)ccc3c2)s1. The van der Waals surface area contributed by atoms with Gasteiger partial charge in [-0.2, -0.15) is 0 Å². The van der Waals surface area contributed by atoms with Crippen LogP contribution in [0.25, 0.3) is 10.8 Å². The number of fused-ring (bicyclic) bond motifs is 1. The number of carbonyl (C=O) groups is 1. The van der Waals surface area contributed by atoms with Gasteiger partial charge < -0.3 is 10.1 Å². The third kappa shape index (κ3) is 4.33. The number of amides is 1. The number of hydrogen-bond donors (Lipinski definition) is 1. The molecule has 0 bridgehead atoms. The first-order valence-electron chi connectivity index (χ1n) is 7.24. The molecule has 0 fully saturated rings. The number of thiophene rings is 1. The zero-order chi connectivity index (χ0) is 16.2. The maximum absolute atomic E-state index is 11.9. The highest BCUT2D eigenvalue weighted by Crippen LogP contribution is 2.24. The van der Waals surface area contributed by atoms with E-state index < -0.39 is 0 Å². The maximum atomic E-state index is 11.9. The molecule has 0 aliphatic rings. The summed E-state index contributed by atoms with van der Waals surface area (Å²) < 4.78 is 6.62. The Morgan fingerprint density at radius 1 is 1.13 bits per heavy atom. The third-order valence-corrected chi connectivity index (χ3v) is 4.89. The molecule has 0 aliphatic heterocycles. The third-order valence-electron chi connectivity index (χ3n) is 3.40. The normalized spacial score (nSPS) is 10.7. The second kappa shape index (κ2) is 7.15. The van der Waals surface area contributed by atoms with E-state index in [9.17, 15) is 4.79 Å². The molecule has 1 aromatic heterocycles. The van der Waals surface area contributed by atoms with Crippen LogP contribution >= 0.6 is 27.3 Å². The summed E-state index contributed by atoms with van der Waals surface area (Å²) in [7, 11) is 0. The number of nitrogens with one attached hydrogen (secondary N) is 1. The lowest BCUT2D eigenvalue weighted by molar-refractivity contribution is -0.123. The van der Waals surface area contributed by atoms with Gasteiger partial charge in [-0.1, -0.05) is 28.1 Å². The lowest BCUT2D eigenvalue weighted by Crippen LogP contribution is -2.28. The number of carbonyl (C=O) groups excluding carboxylic acids is 1. The quantitative estimate of drug-likeness (QED) is 0.688. The Morgan fingerprint density at radius 2 is 1.91 bits per heavy atom. The highest BCUT2D eigenvalue weighted by atomic mass is 79.9. The average molecular weight is 390 g/mol. The van der Waals surface area contributed by atoms with Crippen molar-refractivity contribution in [2.75, 3.05) is 6.61 Å². The number of hydrogen-bond acceptors (Lipinski definition) is 3. The molecule has 23 heavy (non-hydrogen) atoms. The molecule has 0 saturated carbocycles. The summed E-state index contributed by atoms with van der Waals surface area (Å²) in [5.74, 6) is 0.578. The topological polar surface area (TPSA) is 38.3 Å². The van der Waals surface area contributed by atoms with Gasteiger partial charge in [0.25, 0.3) is 5.91 Å². The lowest BCUT2D eigenvalue weighted by Gasteiger charge is -2.08. The molecule has 0 saturated heterocycles. The van der Waals surface area contributed by atoms with Crippen LogP contribution in [0.1, 0.15) is 9.75 Å². The molecule has 0 radical (unpaired) electrons. The Bertz CT molecular complexity index is 844. The first-order chi connectivity index (χ1) is 11.1. The monoisotopic (exact) mass is 389 g/mol. The predicted octanol–water partition coefficient (Wildman–Crippen LogP) is 4.67. The summed E-state index contributed by atoms with van der Waals surface area (Å²) in [6.07, 6.45) is 0. The van der Waals surface area contributed by atoms with Crippen molar-refractivity contribution in [1.29, 1.82) is 0 Å². The second-order valence-electron chi connectivity index (χ2n) is 5.23. The van der Waals surface area contributed by atoms with Crippen molar-refractivity contribution in [3.63, 3.8) is 0 Å². The fourth-order valence-electron chi connectivity index (χ4n) is 2.25. The van der Waals surface area contributed by atoms with Crippen LogP contribution in [0.2, 0.25) is 0 Å². The Hall–Kier alpha value is -1.85. The van der Waals surface area contributed by atoms with Crippen molar-refractivity contribution in [2.45, 2.75) is 13.5 Å². The van der Waals surface area contributed by atoms with E-state index in [1.807, 2.05) is 36.4 Å². The van der Waals surface area contributed by atoms with Gasteiger partial charge in [0.05, 0.1) is 6.54 Å². The van der Waals surface area contributed by atoms with E-state index >= 15 is 0 Å². The molecule has 5 heteroatoms. The van der Waals surface area contributed by atoms with E-state index in [0.29, 0.717) is 12.3 Å². The minimum Gasteiger partial charge on any atom is -0.484 e. The van der Waals surface area contributed by atoms with Crippen LogP contribution in [0.15, 0.2) is 53.0 Å². The van der Waals surface area contributed by atoms with Gasteiger partial charge >= 0.3 is 0 Å². The van der Waals surface area contributed by atoms with Gasteiger partial charge in [-0.3, -0.25) is 4.79 Å². The van der Waals surface area contributed by atoms with Crippen molar-refractivity contribution in [2.24, 2.45) is 0 Å². The van der Waals surface area contributed by atoms with E-state index in [1.165, 1.54) is 4.88 Å². The average Bonchev–Trinajstić information content (AvgIpc) is 2.96. The van der Waals surface area contributed by atoms with E-state index in [0.717, 1.165) is 20.1 Å². The molecule has 0 atom stereocenters. The highest BCUT2D eigenvalue weighted by molar-refractivity contribution is 9.10. The highest BCUT2D eigenvalue weighted by Gasteiger charge is 2.05. The Labute approximate surface area is 147 Å². The van der Waals surface area contributed by atoms with E-state index in [-0.39, 0.29) is 12.5 Å². The van der Waals surface area contributed by atoms with Crippen molar-refractivity contribution >= 4 is 43.9 Å². The molecule has 2 aromatic carbocycles. The van der Waals surface area contributed by atoms with Crippen molar-refractivity contribution in [3.8, 4) is 5.75 Å². The molecule has 3 aromatic rings. The first kappa shape index (κ1) is 16.0. The van der Waals surface area contributed by atoms with Gasteiger partial charge in [0.1, 0.15) is 5.75 Å². The van der Waals surface area contributed by atoms with E-state index in [2.05, 4.69) is 40.3 Å². The van der Waals surface area contributed by atoms with Crippen LogP contribution in [-0.4, -0.2) is 12.5 Å². The van der Waals surface area contributed by atoms with Crippen LogP contribution in [-0.2, 0) is 11.3 Å². The summed E-state index contributed by atoms with van der Waals surface area (Å²) in [6, 6.07) is 15.9. The molecule has 1 N–H and O–H groups in total. The molecular formula is C18H16BrNO2S. The van der Waals surface area contributed by atoms with Crippen molar-refractivity contribution in [3.05, 3.63) is 62.8 Å². The van der Waals surface area contributed by atoms with Gasteiger partial charge in [0.15, 0.2) is 6.61 Å². The molecule has 3 nitrogen and oxygen atoms in total. The number of benzene rings is 2. The molecule has 0 unspecified atom stereocenters. The van der Waals surface area contributed by atoms with Crippen LogP contribution < -0.4 is 10.1 Å². The largest absolute Gasteiger partial charge is 0.484 e. The molecule has 118 valence electrons. The zero-order valence-electron chi connectivity index (χ0n) is 12.6. The van der Waals surface area contributed by atoms with E-state index in [4.69, 9.17) is 4.74 Å². The van der Waals surface area contributed by atoms with Crippen molar-refractivity contribution in [1.82, 2.24) is 5.32 Å². The molecule has 1 amide bonds. The number of aryl methyl sites for hydroxylation is 1. The van der Waals surface area contributed by atoms with E-state index in [1.54, 1.807) is 11.3 Å². The number of ether oxygens (including phenoxy) is 1. The van der Waals surface area contributed by atoms with Gasteiger partial charge in [-0.15, -0.1) is 11.3 Å². The van der Waals surface area contributed by atoms with Gasteiger partial charge in [-0.05, 0) is 54.1 Å². The number of rotatable bonds is 5. The molecule has 0 spiro atoms. The molecule has 0 aliphatic carbocycles. The van der Waals surface area contributed by atoms with Crippen LogP contribution in [0.5, 0.6) is 5.75 Å². The first-order valence-corrected chi connectivity index (χ1v) is 8.85. The standard InChI is InChI=1S/C18H16BrNO2S/c1-12-2-7-17(23-12)10-20-18(21)11-22-16-6-4-13-8-15(19)5-3-14(13)9-16/h2-9H,10-11H2,1H3,(H,20,21). The van der Waals surface area contributed by atoms with Gasteiger partial charge in [0.2, 0.25) is 0 Å². The Morgan fingerprint density at radius 3 is 2.70 bits per heavy atom. The number of halogens is 1. The minimum absolute atomic E-state index is 0.0202. The summed E-state index contributed by atoms with van der Waals surface area (Å²) in [6.45, 7) is 2.62. The van der Waals surface area contributed by atoms with Crippen molar-refractivity contribution < 1.29 is 9.53 Å². The lowest BCUT2D eigenvalue weighted by atomic mass is 10.1. The summed E-state index contributed by atoms with van der Waals surface area (Å²) >= 11 is 5.14. The maximum Gasteiger partial charge on any atom is 0.258 e. The zero-order valence-corrected chi connectivity index (χ0v) is 15.0. The Kier molecular flexibility index (Phi) is 4.98. The summed E-state index contributed by atoms with van der Waals surface area (Å²) in [5.41, 5.74) is 0. The predicted molar refractivity (Wildman–Crippen MR) is 98.0 cm³/mol. The van der Waals surface area contributed by atoms with Gasteiger partial charge in [0, 0.05) is 14.2 Å². The summed E-state index contributed by atoms with van der Waals surface area (Å²) in [4.78, 5) is 14.3. The van der Waals surface area contributed by atoms with Crippen LogP contribution in [0.3, 0.4) is 0 Å². The Balaban J connectivity index is 1.55. The molecule has 1 heterocycles. The minimum atomic E-state index is -0.119. The van der Waals surface area contributed by atoms with Crippen LogP contribution in [0.4, 0.5) is 0 Å². The fourth-order valence-corrected chi connectivity index (χ4v) is 3.46. The molecular weight excluding hydrogens is 374 g/mol. The fraction of sp³-hybridized carbons (Fsp3) is 0.167. The van der Waals surface area contributed by atoms with Crippen LogP contribution in [0, 0.1) is 6.92 Å². The smallest absolute Gasteiger partial charge is 0.258 e. The molecule has 3 rings (SSSR count).